The smallest absolute Gasteiger partial charge is 0.308 e. The SMILES string of the molecule is COC(=O)CC(O)CNCc1cnc2cc(-c3cccc(-c4cc(F)c(CNC[C@@H]5CCC(=O)N5)c(OC)n4)c3Cl)ccn2c1=O. The highest BCUT2D eigenvalue weighted by Gasteiger charge is 2.22. The van der Waals surface area contributed by atoms with E-state index >= 15 is 4.39 Å². The fourth-order valence-corrected chi connectivity index (χ4v) is 5.60. The van der Waals surface area contributed by atoms with E-state index in [9.17, 15) is 19.5 Å². The number of ether oxygens (including phenoxy) is 2. The van der Waals surface area contributed by atoms with Crippen LogP contribution in [-0.2, 0) is 27.4 Å². The van der Waals surface area contributed by atoms with Gasteiger partial charge in [0.25, 0.3) is 5.56 Å². The minimum absolute atomic E-state index is 0.00344. The first-order chi connectivity index (χ1) is 22.2. The predicted octanol–water partition coefficient (Wildman–Crippen LogP) is 2.61. The van der Waals surface area contributed by atoms with Crippen LogP contribution in [0, 0.1) is 5.82 Å². The van der Waals surface area contributed by atoms with Crippen molar-refractivity contribution in [3.63, 3.8) is 0 Å². The molecule has 1 fully saturated rings. The molecule has 0 aliphatic carbocycles. The number of nitrogens with zero attached hydrogens (tertiary/aromatic N) is 3. The summed E-state index contributed by atoms with van der Waals surface area (Å²) in [6, 6.07) is 10.1. The normalized spacial score (nSPS) is 15.2. The van der Waals surface area contributed by atoms with Crippen LogP contribution in [0.25, 0.3) is 28.0 Å². The molecule has 12 nitrogen and oxygen atoms in total. The summed E-state index contributed by atoms with van der Waals surface area (Å²) in [6.45, 7) is 0.901. The van der Waals surface area contributed by atoms with Gasteiger partial charge in [0.05, 0.1) is 43.0 Å². The predicted molar refractivity (Wildman–Crippen MR) is 169 cm³/mol. The lowest BCUT2D eigenvalue weighted by molar-refractivity contribution is -0.142. The molecule has 1 saturated heterocycles. The molecule has 4 aromatic rings. The topological polar surface area (TPSA) is 156 Å². The molecule has 1 amide bonds. The Morgan fingerprint density at radius 2 is 2.00 bits per heavy atom. The minimum Gasteiger partial charge on any atom is -0.481 e. The number of halogens is 2. The minimum atomic E-state index is -0.951. The second-order valence-electron chi connectivity index (χ2n) is 10.9. The van der Waals surface area contributed by atoms with Crippen molar-refractivity contribution >= 4 is 29.1 Å². The van der Waals surface area contributed by atoms with Crippen LogP contribution in [0.3, 0.4) is 0 Å². The van der Waals surface area contributed by atoms with Gasteiger partial charge in [-0.25, -0.2) is 14.4 Å². The number of hydrogen-bond acceptors (Lipinski definition) is 10. The molecule has 46 heavy (non-hydrogen) atoms. The van der Waals surface area contributed by atoms with E-state index in [0.29, 0.717) is 45.9 Å². The van der Waals surface area contributed by atoms with E-state index in [0.717, 1.165) is 6.42 Å². The summed E-state index contributed by atoms with van der Waals surface area (Å²) in [5, 5.41) is 19.3. The molecule has 0 radical (unpaired) electrons. The zero-order chi connectivity index (χ0) is 32.8. The van der Waals surface area contributed by atoms with Crippen LogP contribution in [0.4, 0.5) is 4.39 Å². The molecular formula is C32H34ClFN6O6. The molecule has 5 rings (SSSR count). The van der Waals surface area contributed by atoms with Crippen LogP contribution < -0.4 is 26.2 Å². The second kappa shape index (κ2) is 14.8. The van der Waals surface area contributed by atoms with Gasteiger partial charge in [-0.3, -0.25) is 18.8 Å². The number of hydrogen-bond donors (Lipinski definition) is 4. The highest BCUT2D eigenvalue weighted by Crippen LogP contribution is 2.37. The van der Waals surface area contributed by atoms with Crippen molar-refractivity contribution in [1.82, 2.24) is 30.3 Å². The second-order valence-corrected chi connectivity index (χ2v) is 11.3. The number of nitrogens with one attached hydrogen (secondary N) is 3. The summed E-state index contributed by atoms with van der Waals surface area (Å²) in [4.78, 5) is 44.8. The van der Waals surface area contributed by atoms with Crippen LogP contribution in [0.1, 0.15) is 30.4 Å². The maximum atomic E-state index is 15.4. The molecule has 3 aromatic heterocycles. The first-order valence-corrected chi connectivity index (χ1v) is 15.0. The number of rotatable bonds is 13. The van der Waals surface area contributed by atoms with Crippen molar-refractivity contribution < 1.29 is 28.6 Å². The average molecular weight is 653 g/mol. The molecule has 1 aliphatic heterocycles. The molecule has 0 spiro atoms. The lowest BCUT2D eigenvalue weighted by Crippen LogP contribution is -2.35. The highest BCUT2D eigenvalue weighted by atomic mass is 35.5. The fraction of sp³-hybridized carbons (Fsp3) is 0.344. The molecule has 0 bridgehead atoms. The van der Waals surface area contributed by atoms with E-state index in [1.165, 1.54) is 30.9 Å². The van der Waals surface area contributed by atoms with Gasteiger partial charge in [0.2, 0.25) is 11.8 Å². The number of aromatic nitrogens is 3. The van der Waals surface area contributed by atoms with Gasteiger partial charge in [-0.15, -0.1) is 0 Å². The van der Waals surface area contributed by atoms with Gasteiger partial charge < -0.3 is 30.5 Å². The maximum Gasteiger partial charge on any atom is 0.308 e. The third-order valence-electron chi connectivity index (χ3n) is 7.69. The Morgan fingerprint density at radius 3 is 2.74 bits per heavy atom. The standard InChI is InChI=1S/C32H34ClFN6O6/c1-45-29(43)11-21(41)16-35-13-19-14-37-27-10-18(8-9-40(27)32(19)44)22-4-3-5-23(30(22)33)26-12-25(34)24(31(39-26)46-2)17-36-15-20-6-7-28(42)38-20/h3-5,8-10,12,14,20-21,35-36,41H,6-7,11,13,15-17H2,1-2H3,(H,38,42)/t20-,21?/m0/s1. The monoisotopic (exact) mass is 652 g/mol. The number of aliphatic hydroxyl groups is 1. The molecule has 14 heteroatoms. The highest BCUT2D eigenvalue weighted by molar-refractivity contribution is 6.36. The van der Waals surface area contributed by atoms with E-state index < -0.39 is 17.9 Å². The number of benzene rings is 1. The Hall–Kier alpha value is -4.43. The molecule has 4 N–H and O–H groups in total. The Kier molecular flexibility index (Phi) is 10.6. The van der Waals surface area contributed by atoms with Gasteiger partial charge in [-0.2, -0.15) is 0 Å². The van der Waals surface area contributed by atoms with Crippen molar-refractivity contribution in [2.75, 3.05) is 27.3 Å². The van der Waals surface area contributed by atoms with Crippen LogP contribution in [0.2, 0.25) is 5.02 Å². The molecule has 1 unspecified atom stereocenters. The first-order valence-electron chi connectivity index (χ1n) is 14.7. The van der Waals surface area contributed by atoms with Crippen molar-refractivity contribution in [2.45, 2.75) is 44.5 Å². The quantitative estimate of drug-likeness (QED) is 0.158. The number of carbonyl (C=O) groups is 2. The van der Waals surface area contributed by atoms with Gasteiger partial charge in [0, 0.05) is 73.8 Å². The van der Waals surface area contributed by atoms with Crippen LogP contribution in [0.15, 0.2) is 53.6 Å². The summed E-state index contributed by atoms with van der Waals surface area (Å²) < 4.78 is 26.8. The first kappa shape index (κ1) is 32.9. The molecule has 1 aromatic carbocycles. The number of esters is 1. The molecule has 0 saturated carbocycles. The Labute approximate surface area is 268 Å². The zero-order valence-corrected chi connectivity index (χ0v) is 26.1. The third kappa shape index (κ3) is 7.50. The lowest BCUT2D eigenvalue weighted by atomic mass is 10.0. The van der Waals surface area contributed by atoms with Gasteiger partial charge >= 0.3 is 5.97 Å². The van der Waals surface area contributed by atoms with Crippen molar-refractivity contribution in [1.29, 1.82) is 0 Å². The number of methoxy groups -OCH3 is 2. The fourth-order valence-electron chi connectivity index (χ4n) is 5.26. The lowest BCUT2D eigenvalue weighted by Gasteiger charge is -2.15. The largest absolute Gasteiger partial charge is 0.481 e. The van der Waals surface area contributed by atoms with E-state index in [1.807, 2.05) is 0 Å². The van der Waals surface area contributed by atoms with Crippen LogP contribution in [-0.4, -0.2) is 70.8 Å². The Balaban J connectivity index is 1.33. The van der Waals surface area contributed by atoms with Gasteiger partial charge in [-0.1, -0.05) is 29.8 Å². The summed E-state index contributed by atoms with van der Waals surface area (Å²) >= 11 is 6.87. The van der Waals surface area contributed by atoms with Gasteiger partial charge in [-0.05, 0) is 24.1 Å². The van der Waals surface area contributed by atoms with Crippen LogP contribution in [0.5, 0.6) is 5.88 Å². The van der Waals surface area contributed by atoms with E-state index in [-0.39, 0.29) is 60.7 Å². The molecule has 1 aliphatic rings. The van der Waals surface area contributed by atoms with E-state index in [4.69, 9.17) is 16.3 Å². The van der Waals surface area contributed by atoms with Crippen molar-refractivity contribution in [3.8, 4) is 28.3 Å². The van der Waals surface area contributed by atoms with E-state index in [2.05, 4.69) is 30.7 Å². The zero-order valence-electron chi connectivity index (χ0n) is 25.3. The number of amides is 1. The van der Waals surface area contributed by atoms with Crippen molar-refractivity contribution in [2.24, 2.45) is 0 Å². The number of fused-ring (bicyclic) bond motifs is 1. The van der Waals surface area contributed by atoms with Crippen LogP contribution >= 0.6 is 11.6 Å². The average Bonchev–Trinajstić information content (AvgIpc) is 3.47. The molecule has 2 atom stereocenters. The van der Waals surface area contributed by atoms with Crippen molar-refractivity contribution in [3.05, 3.63) is 81.1 Å². The Bertz CT molecular complexity index is 1820. The van der Waals surface area contributed by atoms with Gasteiger partial charge in [0.1, 0.15) is 11.5 Å². The number of aliphatic hydroxyl groups excluding tert-OH is 1. The Morgan fingerprint density at radius 1 is 1.20 bits per heavy atom. The van der Waals surface area contributed by atoms with E-state index in [1.54, 1.807) is 36.5 Å². The number of carbonyl (C=O) groups excluding carboxylic acids is 2. The summed E-state index contributed by atoms with van der Waals surface area (Å²) in [7, 11) is 2.67. The summed E-state index contributed by atoms with van der Waals surface area (Å²) in [5.74, 6) is -0.901. The van der Waals surface area contributed by atoms with Gasteiger partial charge in [0.15, 0.2) is 0 Å². The maximum absolute atomic E-state index is 15.4. The summed E-state index contributed by atoms with van der Waals surface area (Å²) in [5.41, 5.74) is 2.83. The molecular weight excluding hydrogens is 619 g/mol. The molecule has 4 heterocycles. The number of pyridine rings is 2. The third-order valence-corrected chi connectivity index (χ3v) is 8.10. The molecule has 242 valence electrons. The summed E-state index contributed by atoms with van der Waals surface area (Å²) in [6.07, 6.45) is 3.16.